The van der Waals surface area contributed by atoms with Gasteiger partial charge in [0.2, 0.25) is 0 Å². The Balaban J connectivity index is 2.21. The van der Waals surface area contributed by atoms with E-state index >= 15 is 0 Å². The second-order valence-electron chi connectivity index (χ2n) is 5.60. The highest BCUT2D eigenvalue weighted by molar-refractivity contribution is 5.85. The zero-order valence-corrected chi connectivity index (χ0v) is 14.5. The molecular weight excluding hydrogens is 306 g/mol. The van der Waals surface area contributed by atoms with Gasteiger partial charge in [0, 0.05) is 5.56 Å². The number of methoxy groups -OCH3 is 1. The molecule has 0 aliphatic rings. The number of carbonyl (C=O) groups excluding carboxylic acids is 1. The maximum Gasteiger partial charge on any atom is 0.438 e. The Morgan fingerprint density at radius 2 is 1.83 bits per heavy atom. The number of anilines is 1. The van der Waals surface area contributed by atoms with E-state index in [-0.39, 0.29) is 6.61 Å². The van der Waals surface area contributed by atoms with Gasteiger partial charge in [0.25, 0.3) is 0 Å². The fourth-order valence-corrected chi connectivity index (χ4v) is 2.57. The summed E-state index contributed by atoms with van der Waals surface area (Å²) in [5.41, 5.74) is 4.56. The van der Waals surface area contributed by atoms with Crippen LogP contribution in [0.1, 0.15) is 29.2 Å². The number of hydrogen-bond acceptors (Lipinski definition) is 4. The second-order valence-corrected chi connectivity index (χ2v) is 5.60. The summed E-state index contributed by atoms with van der Waals surface area (Å²) in [6.45, 7) is 6.43. The minimum Gasteiger partial charge on any atom is -0.489 e. The number of ether oxygens (including phenoxy) is 2. The Morgan fingerprint density at radius 3 is 2.50 bits per heavy atom. The van der Waals surface area contributed by atoms with Crippen molar-refractivity contribution in [2.45, 2.75) is 33.8 Å². The summed E-state index contributed by atoms with van der Waals surface area (Å²) in [4.78, 5) is 11.5. The molecule has 0 radical (unpaired) electrons. The molecule has 128 valence electrons. The molecule has 0 aliphatic carbocycles. The first-order valence-electron chi connectivity index (χ1n) is 7.85. The van der Waals surface area contributed by atoms with Crippen molar-refractivity contribution in [2.75, 3.05) is 12.2 Å². The molecule has 0 spiro atoms. The predicted octanol–water partition coefficient (Wildman–Crippen LogP) is 4.41. The van der Waals surface area contributed by atoms with Crippen molar-refractivity contribution in [3.8, 4) is 5.75 Å². The van der Waals surface area contributed by atoms with Crippen LogP contribution in [-0.4, -0.2) is 18.4 Å². The first-order chi connectivity index (χ1) is 11.5. The molecule has 0 saturated heterocycles. The number of benzene rings is 2. The lowest BCUT2D eigenvalue weighted by Crippen LogP contribution is -2.27. The van der Waals surface area contributed by atoms with Gasteiger partial charge in [0.05, 0.1) is 12.8 Å². The van der Waals surface area contributed by atoms with Gasteiger partial charge in [-0.1, -0.05) is 31.2 Å². The molecule has 1 amide bonds. The molecule has 0 heterocycles. The number of nitrogens with zero attached hydrogens (tertiary/aromatic N) is 1. The molecule has 0 aromatic heterocycles. The number of amides is 1. The van der Waals surface area contributed by atoms with Crippen LogP contribution >= 0.6 is 0 Å². The summed E-state index contributed by atoms with van der Waals surface area (Å²) in [5, 5.41) is 10.4. The van der Waals surface area contributed by atoms with E-state index in [1.54, 1.807) is 18.2 Å². The predicted molar refractivity (Wildman–Crippen MR) is 92.7 cm³/mol. The largest absolute Gasteiger partial charge is 0.489 e. The van der Waals surface area contributed by atoms with E-state index < -0.39 is 6.09 Å². The summed E-state index contributed by atoms with van der Waals surface area (Å²) < 4.78 is 10.5. The van der Waals surface area contributed by atoms with Crippen molar-refractivity contribution in [1.82, 2.24) is 0 Å². The first kappa shape index (κ1) is 17.8. The average molecular weight is 329 g/mol. The van der Waals surface area contributed by atoms with Crippen molar-refractivity contribution in [3.05, 3.63) is 58.7 Å². The van der Waals surface area contributed by atoms with Crippen LogP contribution in [-0.2, 0) is 17.8 Å². The van der Waals surface area contributed by atoms with E-state index in [9.17, 15) is 10.0 Å². The minimum absolute atomic E-state index is 0.232. The van der Waals surface area contributed by atoms with E-state index in [4.69, 9.17) is 4.74 Å². The molecule has 5 heteroatoms. The molecule has 5 nitrogen and oxygen atoms in total. The van der Waals surface area contributed by atoms with Crippen LogP contribution in [0.15, 0.2) is 36.4 Å². The number of carbonyl (C=O) groups is 1. The molecule has 0 aliphatic heterocycles. The number of hydroxylamine groups is 1. The number of hydrogen-bond donors (Lipinski definition) is 1. The van der Waals surface area contributed by atoms with Crippen molar-refractivity contribution in [1.29, 1.82) is 0 Å². The average Bonchev–Trinajstić information content (AvgIpc) is 2.60. The van der Waals surface area contributed by atoms with Crippen LogP contribution < -0.4 is 9.80 Å². The summed E-state index contributed by atoms with van der Waals surface area (Å²) in [5.74, 6) is 0.794. The van der Waals surface area contributed by atoms with Gasteiger partial charge in [-0.05, 0) is 49.1 Å². The third-order valence-corrected chi connectivity index (χ3v) is 3.96. The lowest BCUT2D eigenvalue weighted by molar-refractivity contribution is 0.140. The highest BCUT2D eigenvalue weighted by atomic mass is 16.6. The van der Waals surface area contributed by atoms with Crippen LogP contribution in [0, 0.1) is 13.8 Å². The van der Waals surface area contributed by atoms with E-state index in [2.05, 4.69) is 24.7 Å². The zero-order chi connectivity index (χ0) is 17.7. The van der Waals surface area contributed by atoms with Gasteiger partial charge >= 0.3 is 6.09 Å². The fourth-order valence-electron chi connectivity index (χ4n) is 2.57. The molecule has 2 aromatic rings. The van der Waals surface area contributed by atoms with E-state index in [0.29, 0.717) is 16.3 Å². The zero-order valence-electron chi connectivity index (χ0n) is 14.5. The number of aryl methyl sites for hydroxylation is 3. The Labute approximate surface area is 142 Å². The third-order valence-electron chi connectivity index (χ3n) is 3.96. The molecule has 0 atom stereocenters. The topological polar surface area (TPSA) is 59.0 Å². The molecular formula is C19H23NO4. The second kappa shape index (κ2) is 7.84. The third kappa shape index (κ3) is 3.86. The van der Waals surface area contributed by atoms with Gasteiger partial charge < -0.3 is 9.47 Å². The molecule has 1 N–H and O–H groups in total. The number of rotatable bonds is 5. The molecule has 0 bridgehead atoms. The Bertz CT molecular complexity index is 727. The summed E-state index contributed by atoms with van der Waals surface area (Å²) in [6.07, 6.45) is 0.135. The summed E-state index contributed by atoms with van der Waals surface area (Å²) in [6, 6.07) is 11.1. The minimum atomic E-state index is -0.846. The van der Waals surface area contributed by atoms with E-state index in [1.807, 2.05) is 19.1 Å². The lowest BCUT2D eigenvalue weighted by Gasteiger charge is -2.18. The highest BCUT2D eigenvalue weighted by Gasteiger charge is 2.17. The Hall–Kier alpha value is -2.53. The Kier molecular flexibility index (Phi) is 5.82. The van der Waals surface area contributed by atoms with Crippen LogP contribution in [0.4, 0.5) is 10.5 Å². The van der Waals surface area contributed by atoms with Crippen molar-refractivity contribution in [2.24, 2.45) is 0 Å². The standard InChI is InChI=1S/C19H23NO4/c1-5-15-10-14(3)18(11-13(15)2)24-12-16-8-6-7-9-17(16)20(22)19(21)23-4/h6-11,22H,5,12H2,1-4H3. The summed E-state index contributed by atoms with van der Waals surface area (Å²) >= 11 is 0. The SMILES string of the molecule is CCc1cc(C)c(OCc2ccccc2N(O)C(=O)OC)cc1C. The van der Waals surface area contributed by atoms with Crippen molar-refractivity contribution < 1.29 is 19.5 Å². The molecule has 2 rings (SSSR count). The van der Waals surface area contributed by atoms with Gasteiger partial charge in [-0.15, -0.1) is 0 Å². The van der Waals surface area contributed by atoms with Crippen molar-refractivity contribution >= 4 is 11.8 Å². The molecule has 0 unspecified atom stereocenters. The fraction of sp³-hybridized carbons (Fsp3) is 0.316. The van der Waals surface area contributed by atoms with Gasteiger partial charge in [0.15, 0.2) is 0 Å². The lowest BCUT2D eigenvalue weighted by atomic mass is 10.0. The monoisotopic (exact) mass is 329 g/mol. The molecule has 0 fully saturated rings. The summed E-state index contributed by atoms with van der Waals surface area (Å²) in [7, 11) is 1.21. The van der Waals surface area contributed by atoms with Crippen LogP contribution in [0.25, 0.3) is 0 Å². The van der Waals surface area contributed by atoms with Crippen LogP contribution in [0.3, 0.4) is 0 Å². The van der Waals surface area contributed by atoms with Crippen LogP contribution in [0.2, 0.25) is 0 Å². The quantitative estimate of drug-likeness (QED) is 0.652. The smallest absolute Gasteiger partial charge is 0.438 e. The van der Waals surface area contributed by atoms with Gasteiger partial charge in [0.1, 0.15) is 12.4 Å². The van der Waals surface area contributed by atoms with Gasteiger partial charge in [-0.25, -0.2) is 4.79 Å². The molecule has 24 heavy (non-hydrogen) atoms. The maximum atomic E-state index is 11.5. The van der Waals surface area contributed by atoms with Gasteiger partial charge in [-0.2, -0.15) is 5.06 Å². The van der Waals surface area contributed by atoms with E-state index in [1.165, 1.54) is 18.2 Å². The van der Waals surface area contributed by atoms with E-state index in [0.717, 1.165) is 17.7 Å². The van der Waals surface area contributed by atoms with Gasteiger partial charge in [-0.3, -0.25) is 5.21 Å². The normalized spacial score (nSPS) is 10.4. The maximum absolute atomic E-state index is 11.5. The molecule has 0 saturated carbocycles. The van der Waals surface area contributed by atoms with Crippen LogP contribution in [0.5, 0.6) is 5.75 Å². The molecule has 2 aromatic carbocycles. The Morgan fingerprint density at radius 1 is 1.12 bits per heavy atom. The first-order valence-corrected chi connectivity index (χ1v) is 7.85. The number of para-hydroxylation sites is 1. The van der Waals surface area contributed by atoms with Crippen molar-refractivity contribution in [3.63, 3.8) is 0 Å². The highest BCUT2D eigenvalue weighted by Crippen LogP contribution is 2.26.